The molecule has 2 N–H and O–H groups in total. The van der Waals surface area contributed by atoms with Gasteiger partial charge in [-0.15, -0.1) is 0 Å². The SMILES string of the molecule is CC1(C)C[C@H](C(=O)O)[C@H](CCC(=O)O)CO1. The van der Waals surface area contributed by atoms with Crippen molar-refractivity contribution >= 4 is 11.9 Å². The van der Waals surface area contributed by atoms with Crippen molar-refractivity contribution in [2.24, 2.45) is 11.8 Å². The van der Waals surface area contributed by atoms with Crippen LogP contribution in [0.2, 0.25) is 0 Å². The van der Waals surface area contributed by atoms with E-state index in [4.69, 9.17) is 14.9 Å². The zero-order valence-electron chi connectivity index (χ0n) is 9.60. The van der Waals surface area contributed by atoms with E-state index in [1.54, 1.807) is 0 Å². The van der Waals surface area contributed by atoms with E-state index in [2.05, 4.69) is 0 Å². The number of hydrogen-bond donors (Lipinski definition) is 2. The second-order valence-electron chi connectivity index (χ2n) is 4.91. The maximum absolute atomic E-state index is 11.1. The van der Waals surface area contributed by atoms with Crippen molar-refractivity contribution in [1.29, 1.82) is 0 Å². The molecule has 0 unspecified atom stereocenters. The van der Waals surface area contributed by atoms with E-state index >= 15 is 0 Å². The Kier molecular flexibility index (Phi) is 3.91. The highest BCUT2D eigenvalue weighted by molar-refractivity contribution is 5.71. The molecule has 1 fully saturated rings. The van der Waals surface area contributed by atoms with Gasteiger partial charge in [0, 0.05) is 6.42 Å². The number of aliphatic carboxylic acids is 2. The highest BCUT2D eigenvalue weighted by Gasteiger charge is 2.39. The van der Waals surface area contributed by atoms with Gasteiger partial charge >= 0.3 is 11.9 Å². The van der Waals surface area contributed by atoms with Gasteiger partial charge in [0.05, 0.1) is 18.1 Å². The summed E-state index contributed by atoms with van der Waals surface area (Å²) in [7, 11) is 0. The minimum atomic E-state index is -0.894. The second kappa shape index (κ2) is 4.82. The van der Waals surface area contributed by atoms with Crippen LogP contribution >= 0.6 is 0 Å². The molecule has 1 saturated heterocycles. The molecule has 0 aromatic rings. The molecule has 1 heterocycles. The van der Waals surface area contributed by atoms with Gasteiger partial charge in [-0.25, -0.2) is 0 Å². The zero-order chi connectivity index (χ0) is 12.3. The first-order valence-corrected chi connectivity index (χ1v) is 5.40. The molecule has 1 aliphatic rings. The van der Waals surface area contributed by atoms with Crippen LogP contribution < -0.4 is 0 Å². The molecule has 0 spiro atoms. The van der Waals surface area contributed by atoms with Crippen LogP contribution in [0.25, 0.3) is 0 Å². The Bertz CT molecular complexity index is 284. The number of rotatable bonds is 4. The molecule has 1 rings (SSSR count). The lowest BCUT2D eigenvalue weighted by Gasteiger charge is -2.38. The van der Waals surface area contributed by atoms with Gasteiger partial charge < -0.3 is 14.9 Å². The Labute approximate surface area is 94.4 Å². The average Bonchev–Trinajstić information content (AvgIpc) is 2.14. The zero-order valence-corrected chi connectivity index (χ0v) is 9.60. The summed E-state index contributed by atoms with van der Waals surface area (Å²) in [5, 5.41) is 17.7. The van der Waals surface area contributed by atoms with Gasteiger partial charge in [-0.3, -0.25) is 9.59 Å². The Balaban J connectivity index is 2.62. The summed E-state index contributed by atoms with van der Waals surface area (Å²) in [5.41, 5.74) is -0.428. The van der Waals surface area contributed by atoms with E-state index in [0.29, 0.717) is 19.4 Å². The van der Waals surface area contributed by atoms with E-state index < -0.39 is 23.5 Å². The third kappa shape index (κ3) is 3.48. The van der Waals surface area contributed by atoms with Gasteiger partial charge in [0.2, 0.25) is 0 Å². The molecule has 0 amide bonds. The summed E-state index contributed by atoms with van der Waals surface area (Å²) in [6, 6.07) is 0. The fraction of sp³-hybridized carbons (Fsp3) is 0.818. The monoisotopic (exact) mass is 230 g/mol. The minimum Gasteiger partial charge on any atom is -0.481 e. The van der Waals surface area contributed by atoms with Gasteiger partial charge in [0.25, 0.3) is 0 Å². The molecule has 0 aromatic carbocycles. The average molecular weight is 230 g/mol. The van der Waals surface area contributed by atoms with Crippen molar-refractivity contribution in [1.82, 2.24) is 0 Å². The Morgan fingerprint density at radius 3 is 2.50 bits per heavy atom. The third-order valence-electron chi connectivity index (χ3n) is 3.01. The van der Waals surface area contributed by atoms with E-state index in [0.717, 1.165) is 0 Å². The van der Waals surface area contributed by atoms with Crippen molar-refractivity contribution in [3.05, 3.63) is 0 Å². The minimum absolute atomic E-state index is 0.00175. The van der Waals surface area contributed by atoms with E-state index in [1.165, 1.54) is 0 Å². The van der Waals surface area contributed by atoms with Gasteiger partial charge in [-0.1, -0.05) is 0 Å². The van der Waals surface area contributed by atoms with Crippen molar-refractivity contribution < 1.29 is 24.5 Å². The molecular formula is C11H18O5. The van der Waals surface area contributed by atoms with Crippen LogP contribution in [0.15, 0.2) is 0 Å². The van der Waals surface area contributed by atoms with Crippen LogP contribution in [0, 0.1) is 11.8 Å². The smallest absolute Gasteiger partial charge is 0.306 e. The third-order valence-corrected chi connectivity index (χ3v) is 3.01. The molecule has 92 valence electrons. The second-order valence-corrected chi connectivity index (χ2v) is 4.91. The van der Waals surface area contributed by atoms with E-state index in [-0.39, 0.29) is 12.3 Å². The topological polar surface area (TPSA) is 83.8 Å². The fourth-order valence-electron chi connectivity index (χ4n) is 2.09. The molecule has 0 radical (unpaired) electrons. The summed E-state index contributed by atoms with van der Waals surface area (Å²) in [6.45, 7) is 4.05. The maximum Gasteiger partial charge on any atom is 0.306 e. The first-order valence-electron chi connectivity index (χ1n) is 5.40. The standard InChI is InChI=1S/C11H18O5/c1-11(2)5-8(10(14)15)7(6-16-11)3-4-9(12)13/h7-8H,3-6H2,1-2H3,(H,12,13)(H,14,15)/t7-,8+/m1/s1. The molecule has 0 aromatic heterocycles. The molecule has 0 aliphatic carbocycles. The maximum atomic E-state index is 11.1. The molecule has 5 heteroatoms. The van der Waals surface area contributed by atoms with Gasteiger partial charge in [-0.2, -0.15) is 0 Å². The van der Waals surface area contributed by atoms with Crippen LogP contribution in [0.5, 0.6) is 0 Å². The van der Waals surface area contributed by atoms with Crippen LogP contribution in [-0.4, -0.2) is 34.4 Å². The highest BCUT2D eigenvalue weighted by atomic mass is 16.5. The largest absolute Gasteiger partial charge is 0.481 e. The van der Waals surface area contributed by atoms with Crippen LogP contribution in [0.1, 0.15) is 33.1 Å². The molecule has 5 nitrogen and oxygen atoms in total. The van der Waals surface area contributed by atoms with E-state index in [1.807, 2.05) is 13.8 Å². The number of carboxylic acid groups (broad SMARTS) is 2. The molecular weight excluding hydrogens is 212 g/mol. The molecule has 16 heavy (non-hydrogen) atoms. The van der Waals surface area contributed by atoms with E-state index in [9.17, 15) is 9.59 Å². The normalized spacial score (nSPS) is 28.6. The van der Waals surface area contributed by atoms with Crippen molar-refractivity contribution in [3.63, 3.8) is 0 Å². The quantitative estimate of drug-likeness (QED) is 0.762. The summed E-state index contributed by atoms with van der Waals surface area (Å²) >= 11 is 0. The Hall–Kier alpha value is -1.10. The summed E-state index contributed by atoms with van der Waals surface area (Å²) < 4.78 is 5.53. The number of carboxylic acids is 2. The van der Waals surface area contributed by atoms with Gasteiger partial charge in [0.15, 0.2) is 0 Å². The number of ether oxygens (including phenoxy) is 1. The summed E-state index contributed by atoms with van der Waals surface area (Å²) in [6.07, 6.45) is 0.799. The lowest BCUT2D eigenvalue weighted by molar-refractivity contribution is -0.161. The first kappa shape index (κ1) is 13.0. The predicted molar refractivity (Wildman–Crippen MR) is 56.1 cm³/mol. The van der Waals surface area contributed by atoms with Gasteiger partial charge in [0.1, 0.15) is 0 Å². The fourth-order valence-corrected chi connectivity index (χ4v) is 2.09. The lowest BCUT2D eigenvalue weighted by Crippen LogP contribution is -2.43. The number of hydrogen-bond acceptors (Lipinski definition) is 3. The summed E-state index contributed by atoms with van der Waals surface area (Å²) in [4.78, 5) is 21.6. The Morgan fingerprint density at radius 2 is 2.00 bits per heavy atom. The van der Waals surface area contributed by atoms with Gasteiger partial charge in [-0.05, 0) is 32.6 Å². The van der Waals surface area contributed by atoms with Crippen LogP contribution in [0.3, 0.4) is 0 Å². The van der Waals surface area contributed by atoms with Crippen LogP contribution in [0.4, 0.5) is 0 Å². The predicted octanol–water partition coefficient (Wildman–Crippen LogP) is 1.37. The summed E-state index contributed by atoms with van der Waals surface area (Å²) in [5.74, 6) is -2.44. The van der Waals surface area contributed by atoms with Crippen molar-refractivity contribution in [2.75, 3.05) is 6.61 Å². The first-order chi connectivity index (χ1) is 7.32. The molecule has 1 aliphatic heterocycles. The molecule has 0 bridgehead atoms. The number of carbonyl (C=O) groups is 2. The van der Waals surface area contributed by atoms with Crippen LogP contribution in [-0.2, 0) is 14.3 Å². The lowest BCUT2D eigenvalue weighted by atomic mass is 9.79. The Morgan fingerprint density at radius 1 is 1.38 bits per heavy atom. The van der Waals surface area contributed by atoms with Crippen molar-refractivity contribution in [2.45, 2.75) is 38.7 Å². The molecule has 2 atom stereocenters. The molecule has 0 saturated carbocycles. The highest BCUT2D eigenvalue weighted by Crippen LogP contribution is 2.34. The van der Waals surface area contributed by atoms with Crippen molar-refractivity contribution in [3.8, 4) is 0 Å².